The molecule has 0 heterocycles. The number of hydrogen-bond donors (Lipinski definition) is 1. The molecule has 148 valence electrons. The third-order valence-corrected chi connectivity index (χ3v) is 4.20. The summed E-state index contributed by atoms with van der Waals surface area (Å²) in [6, 6.07) is 12.6. The summed E-state index contributed by atoms with van der Waals surface area (Å²) in [4.78, 5) is 34.9. The van der Waals surface area contributed by atoms with Crippen LogP contribution in [0.25, 0.3) is 0 Å². The molecule has 0 aromatic heterocycles. The van der Waals surface area contributed by atoms with Gasteiger partial charge in [-0.25, -0.2) is 4.79 Å². The Kier molecular flexibility index (Phi) is 7.50. The molecule has 0 saturated heterocycles. The van der Waals surface area contributed by atoms with Crippen LogP contribution in [0.1, 0.15) is 17.5 Å². The zero-order valence-electron chi connectivity index (χ0n) is 15.7. The normalized spacial score (nSPS) is 11.4. The average molecular weight is 386 g/mol. The van der Waals surface area contributed by atoms with Gasteiger partial charge < -0.3 is 14.8 Å². The van der Waals surface area contributed by atoms with Crippen LogP contribution in [0.3, 0.4) is 0 Å². The van der Waals surface area contributed by atoms with Gasteiger partial charge in [-0.1, -0.05) is 30.3 Å². The molecule has 0 saturated carbocycles. The highest BCUT2D eigenvalue weighted by atomic mass is 16.6. The molecule has 0 radical (unpaired) electrons. The van der Waals surface area contributed by atoms with Gasteiger partial charge in [-0.05, 0) is 18.1 Å². The van der Waals surface area contributed by atoms with Crippen molar-refractivity contribution in [2.24, 2.45) is 0 Å². The second-order valence-electron chi connectivity index (χ2n) is 6.09. The van der Waals surface area contributed by atoms with Crippen LogP contribution in [0.15, 0.2) is 48.5 Å². The first kappa shape index (κ1) is 20.9. The first-order valence-corrected chi connectivity index (χ1v) is 8.67. The highest BCUT2D eigenvalue weighted by molar-refractivity contribution is 5.84. The molecule has 0 spiro atoms. The van der Waals surface area contributed by atoms with Crippen LogP contribution < -0.4 is 10.1 Å². The standard InChI is InChI=1S/C20H22N2O6/c1-27-18-10-9-16(22(25)26)12-15(18)13-17(20(24)28-2)21-19(23)11-8-14-6-4-3-5-7-14/h3-7,9-10,12,17H,8,11,13H2,1-2H3,(H,21,23)/t17-/m0/s1. The summed E-state index contributed by atoms with van der Waals surface area (Å²) in [7, 11) is 2.65. The highest BCUT2D eigenvalue weighted by Crippen LogP contribution is 2.25. The second-order valence-corrected chi connectivity index (χ2v) is 6.09. The van der Waals surface area contributed by atoms with E-state index in [4.69, 9.17) is 9.47 Å². The molecule has 0 aliphatic rings. The van der Waals surface area contributed by atoms with Crippen LogP contribution in [-0.2, 0) is 27.2 Å². The Morgan fingerprint density at radius 3 is 2.46 bits per heavy atom. The minimum atomic E-state index is -0.982. The number of esters is 1. The minimum absolute atomic E-state index is 0.00854. The van der Waals surface area contributed by atoms with E-state index < -0.39 is 16.9 Å². The van der Waals surface area contributed by atoms with Gasteiger partial charge in [0.2, 0.25) is 5.91 Å². The van der Waals surface area contributed by atoms with E-state index in [9.17, 15) is 19.7 Å². The molecule has 2 aromatic rings. The molecule has 2 rings (SSSR count). The number of aryl methyl sites for hydroxylation is 1. The van der Waals surface area contributed by atoms with Crippen molar-refractivity contribution in [3.8, 4) is 5.75 Å². The SMILES string of the molecule is COC(=O)[C@H](Cc1cc([N+](=O)[O-])ccc1OC)NC(=O)CCc1ccccc1. The maximum atomic E-state index is 12.3. The number of carbonyl (C=O) groups is 2. The van der Waals surface area contributed by atoms with Crippen LogP contribution in [0.5, 0.6) is 5.75 Å². The highest BCUT2D eigenvalue weighted by Gasteiger charge is 2.24. The maximum absolute atomic E-state index is 12.3. The molecule has 28 heavy (non-hydrogen) atoms. The molecule has 8 heteroatoms. The number of non-ortho nitro benzene ring substituents is 1. The number of rotatable bonds is 9. The Labute approximate surface area is 162 Å². The second kappa shape index (κ2) is 10.1. The summed E-state index contributed by atoms with van der Waals surface area (Å²) in [5.74, 6) is -0.566. The first-order valence-electron chi connectivity index (χ1n) is 8.67. The van der Waals surface area contributed by atoms with E-state index in [-0.39, 0.29) is 24.4 Å². The third kappa shape index (κ3) is 5.80. The first-order chi connectivity index (χ1) is 13.4. The van der Waals surface area contributed by atoms with E-state index in [1.54, 1.807) is 0 Å². The summed E-state index contributed by atoms with van der Waals surface area (Å²) in [5, 5.41) is 13.7. The summed E-state index contributed by atoms with van der Waals surface area (Å²) in [5.41, 5.74) is 1.30. The fraction of sp³-hybridized carbons (Fsp3) is 0.300. The molecule has 0 unspecified atom stereocenters. The van der Waals surface area contributed by atoms with Gasteiger partial charge in [-0.3, -0.25) is 14.9 Å². The number of benzene rings is 2. The van der Waals surface area contributed by atoms with Gasteiger partial charge in [0.1, 0.15) is 11.8 Å². The van der Waals surface area contributed by atoms with E-state index in [0.717, 1.165) is 5.56 Å². The van der Waals surface area contributed by atoms with Crippen molar-refractivity contribution in [1.29, 1.82) is 0 Å². The number of nitro groups is 1. The largest absolute Gasteiger partial charge is 0.496 e. The van der Waals surface area contributed by atoms with Crippen LogP contribution in [0, 0.1) is 10.1 Å². The Hall–Kier alpha value is -3.42. The lowest BCUT2D eigenvalue weighted by molar-refractivity contribution is -0.384. The summed E-state index contributed by atoms with van der Waals surface area (Å²) >= 11 is 0. The number of ether oxygens (including phenoxy) is 2. The van der Waals surface area contributed by atoms with Crippen molar-refractivity contribution >= 4 is 17.6 Å². The van der Waals surface area contributed by atoms with Crippen LogP contribution in [0.4, 0.5) is 5.69 Å². The van der Waals surface area contributed by atoms with Crippen LogP contribution in [-0.4, -0.2) is 37.1 Å². The Morgan fingerprint density at radius 2 is 1.86 bits per heavy atom. The molecule has 8 nitrogen and oxygen atoms in total. The minimum Gasteiger partial charge on any atom is -0.496 e. The van der Waals surface area contributed by atoms with Crippen molar-refractivity contribution in [1.82, 2.24) is 5.32 Å². The molecule has 0 bridgehead atoms. The van der Waals surface area contributed by atoms with E-state index in [0.29, 0.717) is 17.7 Å². The van der Waals surface area contributed by atoms with E-state index in [2.05, 4.69) is 5.32 Å². The number of hydrogen-bond acceptors (Lipinski definition) is 6. The number of nitrogens with zero attached hydrogens (tertiary/aromatic N) is 1. The number of nitro benzene ring substituents is 1. The maximum Gasteiger partial charge on any atom is 0.328 e. The van der Waals surface area contributed by atoms with Gasteiger partial charge in [0.05, 0.1) is 19.1 Å². The summed E-state index contributed by atoms with van der Waals surface area (Å²) < 4.78 is 9.99. The molecule has 0 aliphatic carbocycles. The zero-order valence-corrected chi connectivity index (χ0v) is 15.7. The number of nitrogens with one attached hydrogen (secondary N) is 1. The van der Waals surface area contributed by atoms with Gasteiger partial charge in [0.15, 0.2) is 0 Å². The monoisotopic (exact) mass is 386 g/mol. The fourth-order valence-electron chi connectivity index (χ4n) is 2.76. The fourth-order valence-corrected chi connectivity index (χ4v) is 2.76. The van der Waals surface area contributed by atoms with E-state index in [1.807, 2.05) is 30.3 Å². The predicted octanol–water partition coefficient (Wildman–Crippen LogP) is 2.44. The third-order valence-electron chi connectivity index (χ3n) is 4.20. The lowest BCUT2D eigenvalue weighted by atomic mass is 10.0. The lowest BCUT2D eigenvalue weighted by Gasteiger charge is -2.18. The van der Waals surface area contributed by atoms with Gasteiger partial charge in [-0.2, -0.15) is 0 Å². The number of methoxy groups -OCH3 is 2. The quantitative estimate of drug-likeness (QED) is 0.403. The average Bonchev–Trinajstić information content (AvgIpc) is 2.71. The van der Waals surface area contributed by atoms with Gasteiger partial charge in [0.25, 0.3) is 5.69 Å². The van der Waals surface area contributed by atoms with Gasteiger partial charge in [-0.15, -0.1) is 0 Å². The molecule has 1 amide bonds. The molecule has 0 aliphatic heterocycles. The van der Waals surface area contributed by atoms with Crippen molar-refractivity contribution in [3.05, 3.63) is 69.8 Å². The lowest BCUT2D eigenvalue weighted by Crippen LogP contribution is -2.43. The zero-order chi connectivity index (χ0) is 20.5. The van der Waals surface area contributed by atoms with Crippen molar-refractivity contribution in [3.63, 3.8) is 0 Å². The number of carbonyl (C=O) groups excluding carboxylic acids is 2. The molecule has 0 fully saturated rings. The van der Waals surface area contributed by atoms with Crippen LogP contribution >= 0.6 is 0 Å². The predicted molar refractivity (Wildman–Crippen MR) is 102 cm³/mol. The molecule has 2 aromatic carbocycles. The van der Waals surface area contributed by atoms with Gasteiger partial charge >= 0.3 is 5.97 Å². The smallest absolute Gasteiger partial charge is 0.328 e. The van der Waals surface area contributed by atoms with Crippen LogP contribution in [0.2, 0.25) is 0 Å². The van der Waals surface area contributed by atoms with E-state index >= 15 is 0 Å². The molecular weight excluding hydrogens is 364 g/mol. The van der Waals surface area contributed by atoms with E-state index in [1.165, 1.54) is 32.4 Å². The summed E-state index contributed by atoms with van der Waals surface area (Å²) in [6.45, 7) is 0. The Balaban J connectivity index is 2.11. The number of amides is 1. The summed E-state index contributed by atoms with van der Waals surface area (Å²) in [6.07, 6.45) is 0.735. The molecule has 1 atom stereocenters. The van der Waals surface area contributed by atoms with Gasteiger partial charge in [0, 0.05) is 30.5 Å². The van der Waals surface area contributed by atoms with Crippen molar-refractivity contribution in [2.75, 3.05) is 14.2 Å². The molecular formula is C20H22N2O6. The Morgan fingerprint density at radius 1 is 1.14 bits per heavy atom. The van der Waals surface area contributed by atoms with Crippen molar-refractivity contribution in [2.45, 2.75) is 25.3 Å². The Bertz CT molecular complexity index is 838. The topological polar surface area (TPSA) is 108 Å². The van der Waals surface area contributed by atoms with Crippen molar-refractivity contribution < 1.29 is 24.0 Å². The molecule has 1 N–H and O–H groups in total.